The Morgan fingerprint density at radius 2 is 2.16 bits per heavy atom. The summed E-state index contributed by atoms with van der Waals surface area (Å²) in [6.45, 7) is 3.26. The van der Waals surface area contributed by atoms with Gasteiger partial charge in [0, 0.05) is 43.1 Å². The normalized spacial score (nSPS) is 23.8. The van der Waals surface area contributed by atoms with E-state index in [2.05, 4.69) is 15.3 Å². The van der Waals surface area contributed by atoms with Gasteiger partial charge in [0.05, 0.1) is 12.1 Å². The number of piperidine rings is 1. The van der Waals surface area contributed by atoms with Gasteiger partial charge in [-0.1, -0.05) is 0 Å². The largest absolute Gasteiger partial charge is 0.381 e. The molecule has 132 valence electrons. The molecule has 1 aromatic heterocycles. The monoisotopic (exact) mass is 340 g/mol. The van der Waals surface area contributed by atoms with Crippen LogP contribution in [0.3, 0.4) is 0 Å². The average molecular weight is 340 g/mol. The first-order chi connectivity index (χ1) is 12.2. The Morgan fingerprint density at radius 3 is 2.96 bits per heavy atom. The molecule has 2 aliphatic heterocycles. The summed E-state index contributed by atoms with van der Waals surface area (Å²) in [6, 6.07) is 5.68. The molecule has 2 fully saturated rings. The zero-order valence-electron chi connectivity index (χ0n) is 14.6. The highest BCUT2D eigenvalue weighted by atomic mass is 16.5. The molecular weight excluding hydrogens is 316 g/mol. The average Bonchev–Trinajstić information content (AvgIpc) is 2.67. The lowest BCUT2D eigenvalue weighted by atomic mass is 9.75. The Hall–Kier alpha value is -2.21. The SMILES string of the molecule is CNc1ncnc2cc(C(=O)N3CCCC4(CCCOC4)C3)ccc12. The maximum atomic E-state index is 13.0. The minimum atomic E-state index is 0.0937. The van der Waals surface area contributed by atoms with Crippen molar-refractivity contribution in [2.45, 2.75) is 25.7 Å². The van der Waals surface area contributed by atoms with Crippen molar-refractivity contribution >= 4 is 22.6 Å². The molecule has 6 nitrogen and oxygen atoms in total. The maximum Gasteiger partial charge on any atom is 0.253 e. The smallest absolute Gasteiger partial charge is 0.253 e. The number of likely N-dealkylation sites (tertiary alicyclic amines) is 1. The van der Waals surface area contributed by atoms with Gasteiger partial charge in [0.1, 0.15) is 12.1 Å². The second kappa shape index (κ2) is 6.59. The quantitative estimate of drug-likeness (QED) is 0.910. The molecule has 1 spiro atoms. The summed E-state index contributed by atoms with van der Waals surface area (Å²) >= 11 is 0. The molecule has 2 aromatic rings. The maximum absolute atomic E-state index is 13.0. The van der Waals surface area contributed by atoms with E-state index < -0.39 is 0 Å². The molecule has 1 N–H and O–H groups in total. The molecule has 2 saturated heterocycles. The third-order valence-corrected chi connectivity index (χ3v) is 5.47. The number of nitrogens with one attached hydrogen (secondary N) is 1. The van der Waals surface area contributed by atoms with Crippen molar-refractivity contribution in [3.63, 3.8) is 0 Å². The van der Waals surface area contributed by atoms with Crippen LogP contribution in [0, 0.1) is 5.41 Å². The molecule has 3 heterocycles. The fourth-order valence-corrected chi connectivity index (χ4v) is 4.19. The molecule has 2 aliphatic rings. The van der Waals surface area contributed by atoms with Crippen LogP contribution < -0.4 is 5.32 Å². The number of hydrogen-bond acceptors (Lipinski definition) is 5. The van der Waals surface area contributed by atoms with Crippen LogP contribution >= 0.6 is 0 Å². The highest BCUT2D eigenvalue weighted by Crippen LogP contribution is 2.38. The fraction of sp³-hybridized carbons (Fsp3) is 0.526. The first-order valence-electron chi connectivity index (χ1n) is 9.00. The minimum Gasteiger partial charge on any atom is -0.381 e. The molecule has 6 heteroatoms. The lowest BCUT2D eigenvalue weighted by Crippen LogP contribution is -2.49. The standard InChI is InChI=1S/C19H24N4O2/c1-20-17-15-5-4-14(10-16(15)21-13-22-17)18(24)23-8-2-6-19(11-23)7-3-9-25-12-19/h4-5,10,13H,2-3,6-9,11-12H2,1H3,(H,20,21,22). The van der Waals surface area contributed by atoms with Gasteiger partial charge in [-0.15, -0.1) is 0 Å². The van der Waals surface area contributed by atoms with Crippen LogP contribution in [0.25, 0.3) is 10.9 Å². The Kier molecular flexibility index (Phi) is 4.29. The van der Waals surface area contributed by atoms with E-state index in [1.807, 2.05) is 30.1 Å². The summed E-state index contributed by atoms with van der Waals surface area (Å²) in [5.41, 5.74) is 1.64. The Bertz CT molecular complexity index is 781. The van der Waals surface area contributed by atoms with Crippen molar-refractivity contribution in [1.29, 1.82) is 0 Å². The first-order valence-corrected chi connectivity index (χ1v) is 9.00. The van der Waals surface area contributed by atoms with E-state index in [1.54, 1.807) is 0 Å². The van der Waals surface area contributed by atoms with Crippen LogP contribution in [0.1, 0.15) is 36.0 Å². The molecule has 1 amide bonds. The number of benzene rings is 1. The van der Waals surface area contributed by atoms with E-state index in [1.165, 1.54) is 6.33 Å². The van der Waals surface area contributed by atoms with Gasteiger partial charge in [-0.3, -0.25) is 4.79 Å². The number of rotatable bonds is 2. The van der Waals surface area contributed by atoms with Crippen LogP contribution in [0.2, 0.25) is 0 Å². The van der Waals surface area contributed by atoms with Gasteiger partial charge in [0.2, 0.25) is 0 Å². The van der Waals surface area contributed by atoms with Crippen molar-refractivity contribution in [3.05, 3.63) is 30.1 Å². The summed E-state index contributed by atoms with van der Waals surface area (Å²) < 4.78 is 5.72. The second-order valence-corrected chi connectivity index (χ2v) is 7.19. The number of nitrogens with zero attached hydrogens (tertiary/aromatic N) is 3. The molecule has 4 rings (SSSR count). The van der Waals surface area contributed by atoms with Gasteiger partial charge < -0.3 is 15.0 Å². The highest BCUT2D eigenvalue weighted by Gasteiger charge is 2.38. The summed E-state index contributed by atoms with van der Waals surface area (Å²) in [6.07, 6.45) is 5.99. The van der Waals surface area contributed by atoms with Crippen LogP contribution in [0.5, 0.6) is 0 Å². The lowest BCUT2D eigenvalue weighted by molar-refractivity contribution is -0.0434. The fourth-order valence-electron chi connectivity index (χ4n) is 4.19. The third-order valence-electron chi connectivity index (χ3n) is 5.47. The highest BCUT2D eigenvalue weighted by molar-refractivity contribution is 5.99. The van der Waals surface area contributed by atoms with Crippen LogP contribution in [-0.4, -0.2) is 54.1 Å². The van der Waals surface area contributed by atoms with Crippen LogP contribution in [0.4, 0.5) is 5.82 Å². The van der Waals surface area contributed by atoms with Gasteiger partial charge >= 0.3 is 0 Å². The molecule has 25 heavy (non-hydrogen) atoms. The Morgan fingerprint density at radius 1 is 1.28 bits per heavy atom. The Balaban J connectivity index is 1.59. The van der Waals surface area contributed by atoms with Crippen molar-refractivity contribution in [2.75, 3.05) is 38.7 Å². The molecule has 0 saturated carbocycles. The van der Waals surface area contributed by atoms with Crippen LogP contribution in [0.15, 0.2) is 24.5 Å². The van der Waals surface area contributed by atoms with E-state index in [-0.39, 0.29) is 11.3 Å². The topological polar surface area (TPSA) is 67.4 Å². The van der Waals surface area contributed by atoms with Crippen LogP contribution in [-0.2, 0) is 4.74 Å². The van der Waals surface area contributed by atoms with Crippen molar-refractivity contribution < 1.29 is 9.53 Å². The number of hydrogen-bond donors (Lipinski definition) is 1. The number of ether oxygens (including phenoxy) is 1. The number of fused-ring (bicyclic) bond motifs is 1. The predicted molar refractivity (Wildman–Crippen MR) is 96.7 cm³/mol. The third kappa shape index (κ3) is 3.06. The molecule has 0 bridgehead atoms. The summed E-state index contributed by atoms with van der Waals surface area (Å²) in [4.78, 5) is 23.6. The number of aromatic nitrogens is 2. The first kappa shape index (κ1) is 16.3. The summed E-state index contributed by atoms with van der Waals surface area (Å²) in [5, 5.41) is 3.99. The van der Waals surface area contributed by atoms with Gasteiger partial charge in [-0.2, -0.15) is 0 Å². The number of carbonyl (C=O) groups is 1. The molecule has 0 aliphatic carbocycles. The molecule has 1 atom stereocenters. The van der Waals surface area contributed by atoms with Gasteiger partial charge in [-0.05, 0) is 43.9 Å². The van der Waals surface area contributed by atoms with E-state index in [0.717, 1.165) is 68.7 Å². The second-order valence-electron chi connectivity index (χ2n) is 7.19. The predicted octanol–water partition coefficient (Wildman–Crippen LogP) is 2.70. The number of anilines is 1. The van der Waals surface area contributed by atoms with E-state index in [0.29, 0.717) is 5.56 Å². The van der Waals surface area contributed by atoms with E-state index in [9.17, 15) is 4.79 Å². The zero-order valence-corrected chi connectivity index (χ0v) is 14.6. The minimum absolute atomic E-state index is 0.0937. The lowest BCUT2D eigenvalue weighted by Gasteiger charge is -2.44. The molecule has 1 unspecified atom stereocenters. The van der Waals surface area contributed by atoms with E-state index in [4.69, 9.17) is 4.74 Å². The Labute approximate surface area is 147 Å². The van der Waals surface area contributed by atoms with E-state index >= 15 is 0 Å². The van der Waals surface area contributed by atoms with Gasteiger partial charge in [-0.25, -0.2) is 9.97 Å². The van der Waals surface area contributed by atoms with Gasteiger partial charge in [0.25, 0.3) is 5.91 Å². The van der Waals surface area contributed by atoms with Crippen molar-refractivity contribution in [3.8, 4) is 0 Å². The molecule has 0 radical (unpaired) electrons. The molecular formula is C19H24N4O2. The van der Waals surface area contributed by atoms with Gasteiger partial charge in [0.15, 0.2) is 0 Å². The number of amides is 1. The zero-order chi connectivity index (χ0) is 17.3. The summed E-state index contributed by atoms with van der Waals surface area (Å²) in [5.74, 6) is 0.872. The summed E-state index contributed by atoms with van der Waals surface area (Å²) in [7, 11) is 1.83. The van der Waals surface area contributed by atoms with Crippen molar-refractivity contribution in [1.82, 2.24) is 14.9 Å². The molecule has 1 aromatic carbocycles. The van der Waals surface area contributed by atoms with Crippen molar-refractivity contribution in [2.24, 2.45) is 5.41 Å². The number of carbonyl (C=O) groups excluding carboxylic acids is 1.